The van der Waals surface area contributed by atoms with Crippen LogP contribution < -0.4 is 0 Å². The molecule has 0 saturated carbocycles. The Bertz CT molecular complexity index is 540. The molecule has 116 valence electrons. The summed E-state index contributed by atoms with van der Waals surface area (Å²) in [7, 11) is 0. The van der Waals surface area contributed by atoms with Crippen LogP contribution in [0.4, 0.5) is 0 Å². The zero-order valence-corrected chi connectivity index (χ0v) is 14.4. The maximum Gasteiger partial charge on any atom is 0.327 e. The van der Waals surface area contributed by atoms with Crippen LogP contribution in [0.5, 0.6) is 0 Å². The van der Waals surface area contributed by atoms with Gasteiger partial charge in [-0.1, -0.05) is 0 Å². The number of hydrogen-bond acceptors (Lipinski definition) is 6. The van der Waals surface area contributed by atoms with E-state index in [1.807, 2.05) is 0 Å². The molecule has 0 aliphatic carbocycles. The topological polar surface area (TPSA) is 78.4 Å². The first-order chi connectivity index (χ1) is 9.65. The van der Waals surface area contributed by atoms with Crippen molar-refractivity contribution in [1.29, 1.82) is 0 Å². The molecule has 1 heterocycles. The van der Waals surface area contributed by atoms with E-state index in [-0.39, 0.29) is 12.3 Å². The Kier molecular flexibility index (Phi) is 5.83. The number of aryl methyl sites for hydroxylation is 1. The number of halogens is 1. The molecule has 0 aromatic carbocycles. The lowest BCUT2D eigenvalue weighted by molar-refractivity contribution is -0.164. The Morgan fingerprint density at radius 3 is 2.48 bits per heavy atom. The van der Waals surface area contributed by atoms with Gasteiger partial charge in [0.05, 0.1) is 16.8 Å². The van der Waals surface area contributed by atoms with Gasteiger partial charge < -0.3 is 9.47 Å². The molecule has 0 bridgehead atoms. The van der Waals surface area contributed by atoms with Crippen molar-refractivity contribution in [3.8, 4) is 0 Å². The van der Waals surface area contributed by atoms with Crippen molar-refractivity contribution < 1.29 is 19.1 Å². The molecule has 0 aliphatic heterocycles. The Morgan fingerprint density at radius 2 is 1.95 bits per heavy atom. The highest BCUT2D eigenvalue weighted by atomic mass is 79.9. The van der Waals surface area contributed by atoms with Gasteiger partial charge in [-0.05, 0) is 50.5 Å². The number of carbonyl (C=O) groups excluding carboxylic acids is 2. The monoisotopic (exact) mass is 358 g/mol. The van der Waals surface area contributed by atoms with Gasteiger partial charge in [0.2, 0.25) is 0 Å². The number of aromatic nitrogens is 2. The molecular formula is C14H19BrN2O4. The largest absolute Gasteiger partial charge is 0.465 e. The van der Waals surface area contributed by atoms with E-state index in [9.17, 15) is 9.59 Å². The number of ether oxygens (including phenoxy) is 2. The lowest BCUT2D eigenvalue weighted by Crippen LogP contribution is -2.33. The predicted octanol–water partition coefficient (Wildman–Crippen LogP) is 2.54. The fourth-order valence-electron chi connectivity index (χ4n) is 1.58. The van der Waals surface area contributed by atoms with Crippen molar-refractivity contribution in [3.05, 3.63) is 22.2 Å². The molecule has 0 amide bonds. The van der Waals surface area contributed by atoms with Crippen LogP contribution in [0.2, 0.25) is 0 Å². The van der Waals surface area contributed by atoms with E-state index in [2.05, 4.69) is 25.9 Å². The van der Waals surface area contributed by atoms with Crippen LogP contribution >= 0.6 is 15.9 Å². The van der Waals surface area contributed by atoms with Crippen LogP contribution in [-0.4, -0.2) is 34.1 Å². The summed E-state index contributed by atoms with van der Waals surface area (Å²) in [5.74, 6) is -2.17. The van der Waals surface area contributed by atoms with Gasteiger partial charge in [0.1, 0.15) is 11.4 Å². The second-order valence-corrected chi connectivity index (χ2v) is 6.22. The molecule has 1 rings (SSSR count). The first-order valence-electron chi connectivity index (χ1n) is 6.54. The molecule has 7 heteroatoms. The molecule has 0 radical (unpaired) electrons. The van der Waals surface area contributed by atoms with Crippen molar-refractivity contribution in [1.82, 2.24) is 9.97 Å². The quantitative estimate of drug-likeness (QED) is 0.607. The van der Waals surface area contributed by atoms with Gasteiger partial charge in [0, 0.05) is 6.20 Å². The summed E-state index contributed by atoms with van der Waals surface area (Å²) in [5.41, 5.74) is -0.466. The molecule has 0 aliphatic rings. The van der Waals surface area contributed by atoms with Gasteiger partial charge in [-0.2, -0.15) is 0 Å². The van der Waals surface area contributed by atoms with Gasteiger partial charge >= 0.3 is 11.9 Å². The summed E-state index contributed by atoms with van der Waals surface area (Å²) in [6.45, 7) is 8.70. The molecule has 1 atom stereocenters. The van der Waals surface area contributed by atoms with Gasteiger partial charge in [-0.3, -0.25) is 9.59 Å². The van der Waals surface area contributed by atoms with Crippen molar-refractivity contribution in [3.63, 3.8) is 0 Å². The standard InChI is InChI=1S/C14H19BrN2O4/c1-6-20-12(18)10(13(19)21-14(3,4)5)11-9(15)7-16-8(2)17-11/h7,10H,6H2,1-5H3. The van der Waals surface area contributed by atoms with Crippen molar-refractivity contribution in [2.75, 3.05) is 6.61 Å². The normalized spacial score (nSPS) is 12.7. The van der Waals surface area contributed by atoms with Crippen LogP contribution in [0.15, 0.2) is 10.7 Å². The fourth-order valence-corrected chi connectivity index (χ4v) is 2.00. The van der Waals surface area contributed by atoms with Gasteiger partial charge in [0.15, 0.2) is 5.92 Å². The summed E-state index contributed by atoms with van der Waals surface area (Å²) in [4.78, 5) is 32.6. The van der Waals surface area contributed by atoms with E-state index in [4.69, 9.17) is 9.47 Å². The van der Waals surface area contributed by atoms with E-state index in [1.165, 1.54) is 6.20 Å². The average molecular weight is 359 g/mol. The Morgan fingerprint density at radius 1 is 1.33 bits per heavy atom. The molecule has 21 heavy (non-hydrogen) atoms. The molecule has 0 fully saturated rings. The fraction of sp³-hybridized carbons (Fsp3) is 0.571. The number of esters is 2. The summed E-state index contributed by atoms with van der Waals surface area (Å²) >= 11 is 3.26. The third-order valence-corrected chi connectivity index (χ3v) is 2.94. The maximum atomic E-state index is 12.3. The first kappa shape index (κ1) is 17.6. The van der Waals surface area contributed by atoms with Crippen LogP contribution in [-0.2, 0) is 19.1 Å². The summed E-state index contributed by atoms with van der Waals surface area (Å²) in [5, 5.41) is 0. The second kappa shape index (κ2) is 6.98. The Hall–Kier alpha value is -1.50. The van der Waals surface area contributed by atoms with Crippen molar-refractivity contribution in [2.24, 2.45) is 0 Å². The Balaban J connectivity index is 3.22. The zero-order valence-electron chi connectivity index (χ0n) is 12.8. The third kappa shape index (κ3) is 5.08. The van der Waals surface area contributed by atoms with E-state index < -0.39 is 23.5 Å². The minimum atomic E-state index is -1.24. The van der Waals surface area contributed by atoms with E-state index in [1.54, 1.807) is 34.6 Å². The molecule has 1 unspecified atom stereocenters. The Labute approximate surface area is 132 Å². The number of hydrogen-bond donors (Lipinski definition) is 0. The SMILES string of the molecule is CCOC(=O)C(C(=O)OC(C)(C)C)c1nc(C)ncc1Br. The summed E-state index contributed by atoms with van der Waals surface area (Å²) in [6.07, 6.45) is 1.49. The van der Waals surface area contributed by atoms with Gasteiger partial charge in [-0.25, -0.2) is 9.97 Å². The minimum absolute atomic E-state index is 0.166. The molecule has 6 nitrogen and oxygen atoms in total. The molecule has 0 spiro atoms. The second-order valence-electron chi connectivity index (χ2n) is 5.37. The molecule has 1 aromatic heterocycles. The third-order valence-electron chi connectivity index (χ3n) is 2.33. The highest BCUT2D eigenvalue weighted by Crippen LogP contribution is 2.26. The zero-order chi connectivity index (χ0) is 16.2. The highest BCUT2D eigenvalue weighted by Gasteiger charge is 2.36. The van der Waals surface area contributed by atoms with Crippen LogP contribution in [0.1, 0.15) is 45.1 Å². The number of nitrogens with zero attached hydrogens (tertiary/aromatic N) is 2. The highest BCUT2D eigenvalue weighted by molar-refractivity contribution is 9.10. The van der Waals surface area contributed by atoms with E-state index >= 15 is 0 Å². The predicted molar refractivity (Wildman–Crippen MR) is 79.7 cm³/mol. The molecular weight excluding hydrogens is 340 g/mol. The number of rotatable bonds is 4. The maximum absolute atomic E-state index is 12.3. The molecule has 0 saturated heterocycles. The first-order valence-corrected chi connectivity index (χ1v) is 7.33. The summed E-state index contributed by atoms with van der Waals surface area (Å²) < 4.78 is 10.7. The average Bonchev–Trinajstić information content (AvgIpc) is 2.32. The molecule has 0 N–H and O–H groups in total. The van der Waals surface area contributed by atoms with Crippen LogP contribution in [0, 0.1) is 6.92 Å². The lowest BCUT2D eigenvalue weighted by atomic mass is 10.0. The van der Waals surface area contributed by atoms with Crippen LogP contribution in [0.25, 0.3) is 0 Å². The van der Waals surface area contributed by atoms with E-state index in [0.717, 1.165) is 0 Å². The van der Waals surface area contributed by atoms with Crippen LogP contribution in [0.3, 0.4) is 0 Å². The van der Waals surface area contributed by atoms with Gasteiger partial charge in [-0.15, -0.1) is 0 Å². The minimum Gasteiger partial charge on any atom is -0.465 e. The number of carbonyl (C=O) groups is 2. The van der Waals surface area contributed by atoms with Gasteiger partial charge in [0.25, 0.3) is 0 Å². The van der Waals surface area contributed by atoms with Crippen molar-refractivity contribution in [2.45, 2.75) is 46.1 Å². The van der Waals surface area contributed by atoms with E-state index in [0.29, 0.717) is 10.3 Å². The molecule has 1 aromatic rings. The van der Waals surface area contributed by atoms with Crippen molar-refractivity contribution >= 4 is 27.9 Å². The summed E-state index contributed by atoms with van der Waals surface area (Å²) in [6, 6.07) is 0. The smallest absolute Gasteiger partial charge is 0.327 e. The lowest BCUT2D eigenvalue weighted by Gasteiger charge is -2.23.